The number of ether oxygens (including phenoxy) is 1. The maximum Gasteiger partial charge on any atom is 0.121 e. The number of benzene rings is 1. The van der Waals surface area contributed by atoms with Gasteiger partial charge in [-0.1, -0.05) is 24.3 Å². The van der Waals surface area contributed by atoms with Gasteiger partial charge in [0.05, 0.1) is 12.7 Å². The van der Waals surface area contributed by atoms with Crippen LogP contribution < -0.4 is 5.32 Å². The highest BCUT2D eigenvalue weighted by Gasteiger charge is 2.11. The predicted octanol–water partition coefficient (Wildman–Crippen LogP) is 1.62. The summed E-state index contributed by atoms with van der Waals surface area (Å²) >= 11 is 0. The van der Waals surface area contributed by atoms with Gasteiger partial charge in [-0.25, -0.2) is 0 Å². The lowest BCUT2D eigenvalue weighted by atomic mass is 10.0. The molecule has 74 valence electrons. The number of nitriles is 1. The first-order chi connectivity index (χ1) is 6.83. The normalized spacial score (nSPS) is 12.1. The van der Waals surface area contributed by atoms with Crippen LogP contribution in [0.1, 0.15) is 17.2 Å². The molecule has 0 fully saturated rings. The van der Waals surface area contributed by atoms with Gasteiger partial charge in [0, 0.05) is 7.11 Å². The minimum atomic E-state index is -0.263. The third kappa shape index (κ3) is 2.32. The molecule has 0 aliphatic rings. The van der Waals surface area contributed by atoms with Crippen LogP contribution >= 0.6 is 0 Å². The number of hydrogen-bond donors (Lipinski definition) is 1. The van der Waals surface area contributed by atoms with E-state index in [1.807, 2.05) is 24.3 Å². The van der Waals surface area contributed by atoms with E-state index >= 15 is 0 Å². The summed E-state index contributed by atoms with van der Waals surface area (Å²) in [5, 5.41) is 11.9. The second-order valence-corrected chi connectivity index (χ2v) is 2.98. The first-order valence-corrected chi connectivity index (χ1v) is 4.47. The minimum absolute atomic E-state index is 0.263. The summed E-state index contributed by atoms with van der Waals surface area (Å²) < 4.78 is 5.07. The molecular formula is C11H14N2O. The number of nitrogens with one attached hydrogen (secondary N) is 1. The highest BCUT2D eigenvalue weighted by molar-refractivity contribution is 5.32. The van der Waals surface area contributed by atoms with Gasteiger partial charge in [0.1, 0.15) is 6.04 Å². The molecule has 3 heteroatoms. The molecule has 0 bridgehead atoms. The van der Waals surface area contributed by atoms with Crippen LogP contribution in [0.5, 0.6) is 0 Å². The molecule has 0 spiro atoms. The van der Waals surface area contributed by atoms with E-state index in [4.69, 9.17) is 10.00 Å². The monoisotopic (exact) mass is 190 g/mol. The fraction of sp³-hybridized carbons (Fsp3) is 0.364. The fourth-order valence-corrected chi connectivity index (χ4v) is 1.39. The first kappa shape index (κ1) is 10.7. The molecule has 1 aromatic rings. The van der Waals surface area contributed by atoms with Crippen LogP contribution in [0.3, 0.4) is 0 Å². The van der Waals surface area contributed by atoms with E-state index in [0.717, 1.165) is 11.1 Å². The molecule has 1 rings (SSSR count). The van der Waals surface area contributed by atoms with Crippen LogP contribution in [-0.4, -0.2) is 14.2 Å². The average molecular weight is 190 g/mol. The van der Waals surface area contributed by atoms with Crippen LogP contribution in [0, 0.1) is 11.3 Å². The molecule has 0 aliphatic carbocycles. The molecule has 1 aromatic carbocycles. The Labute approximate surface area is 84.3 Å². The Bertz CT molecular complexity index is 330. The molecule has 0 saturated heterocycles. The zero-order valence-corrected chi connectivity index (χ0v) is 8.45. The lowest BCUT2D eigenvalue weighted by Gasteiger charge is -2.12. The first-order valence-electron chi connectivity index (χ1n) is 4.47. The summed E-state index contributed by atoms with van der Waals surface area (Å²) in [7, 11) is 3.43. The van der Waals surface area contributed by atoms with Crippen molar-refractivity contribution in [2.45, 2.75) is 12.6 Å². The van der Waals surface area contributed by atoms with E-state index in [1.165, 1.54) is 0 Å². The van der Waals surface area contributed by atoms with Crippen molar-refractivity contribution in [2.75, 3.05) is 14.2 Å². The Kier molecular flexibility index (Phi) is 4.11. The van der Waals surface area contributed by atoms with Gasteiger partial charge in [0.25, 0.3) is 0 Å². The highest BCUT2D eigenvalue weighted by Crippen LogP contribution is 2.17. The van der Waals surface area contributed by atoms with E-state index in [2.05, 4.69) is 11.4 Å². The Morgan fingerprint density at radius 2 is 2.21 bits per heavy atom. The average Bonchev–Trinajstić information content (AvgIpc) is 2.23. The molecule has 1 atom stereocenters. The van der Waals surface area contributed by atoms with Crippen molar-refractivity contribution in [3.05, 3.63) is 35.4 Å². The van der Waals surface area contributed by atoms with E-state index in [0.29, 0.717) is 6.61 Å². The van der Waals surface area contributed by atoms with Crippen LogP contribution in [-0.2, 0) is 11.3 Å². The van der Waals surface area contributed by atoms with E-state index in [-0.39, 0.29) is 6.04 Å². The summed E-state index contributed by atoms with van der Waals surface area (Å²) in [5.41, 5.74) is 2.04. The van der Waals surface area contributed by atoms with E-state index in [9.17, 15) is 0 Å². The molecule has 3 nitrogen and oxygen atoms in total. The van der Waals surface area contributed by atoms with Gasteiger partial charge in [-0.3, -0.25) is 0 Å². The lowest BCUT2D eigenvalue weighted by molar-refractivity contribution is 0.184. The van der Waals surface area contributed by atoms with Gasteiger partial charge in [0.2, 0.25) is 0 Å². The Morgan fingerprint density at radius 1 is 1.50 bits per heavy atom. The summed E-state index contributed by atoms with van der Waals surface area (Å²) in [5.74, 6) is 0. The maximum atomic E-state index is 8.92. The predicted molar refractivity (Wildman–Crippen MR) is 54.6 cm³/mol. The summed E-state index contributed by atoms with van der Waals surface area (Å²) in [6.07, 6.45) is 0. The quantitative estimate of drug-likeness (QED) is 0.784. The zero-order chi connectivity index (χ0) is 10.4. The van der Waals surface area contributed by atoms with Crippen molar-refractivity contribution in [2.24, 2.45) is 0 Å². The summed E-state index contributed by atoms with van der Waals surface area (Å²) in [4.78, 5) is 0. The van der Waals surface area contributed by atoms with Gasteiger partial charge >= 0.3 is 0 Å². The second-order valence-electron chi connectivity index (χ2n) is 2.98. The molecule has 1 N–H and O–H groups in total. The number of nitrogens with zero attached hydrogens (tertiary/aromatic N) is 1. The third-order valence-corrected chi connectivity index (χ3v) is 2.08. The van der Waals surface area contributed by atoms with Crippen LogP contribution in [0.4, 0.5) is 0 Å². The van der Waals surface area contributed by atoms with Gasteiger partial charge in [-0.2, -0.15) is 5.26 Å². The number of rotatable bonds is 4. The van der Waals surface area contributed by atoms with Gasteiger partial charge in [0.15, 0.2) is 0 Å². The largest absolute Gasteiger partial charge is 0.380 e. The Hall–Kier alpha value is -1.37. The molecule has 0 radical (unpaired) electrons. The Balaban J connectivity index is 3.00. The SMILES string of the molecule is CNC(C#N)c1ccccc1COC. The van der Waals surface area contributed by atoms with Crippen molar-refractivity contribution in [1.82, 2.24) is 5.32 Å². The zero-order valence-electron chi connectivity index (χ0n) is 8.45. The molecule has 0 amide bonds. The second kappa shape index (κ2) is 5.38. The summed E-state index contributed by atoms with van der Waals surface area (Å²) in [6, 6.07) is 9.73. The van der Waals surface area contributed by atoms with E-state index in [1.54, 1.807) is 14.2 Å². The highest BCUT2D eigenvalue weighted by atomic mass is 16.5. The van der Waals surface area contributed by atoms with Crippen LogP contribution in [0.15, 0.2) is 24.3 Å². The molecule has 0 saturated carbocycles. The fourth-order valence-electron chi connectivity index (χ4n) is 1.39. The van der Waals surface area contributed by atoms with Gasteiger partial charge in [-0.15, -0.1) is 0 Å². The van der Waals surface area contributed by atoms with Crippen molar-refractivity contribution < 1.29 is 4.74 Å². The number of hydrogen-bond acceptors (Lipinski definition) is 3. The van der Waals surface area contributed by atoms with E-state index < -0.39 is 0 Å². The van der Waals surface area contributed by atoms with Crippen molar-refractivity contribution in [3.63, 3.8) is 0 Å². The summed E-state index contributed by atoms with van der Waals surface area (Å²) in [6.45, 7) is 0.538. The molecule has 0 aliphatic heterocycles. The molecule has 1 unspecified atom stereocenters. The number of methoxy groups -OCH3 is 1. The lowest BCUT2D eigenvalue weighted by Crippen LogP contribution is -2.16. The van der Waals surface area contributed by atoms with Crippen molar-refractivity contribution in [3.8, 4) is 6.07 Å². The van der Waals surface area contributed by atoms with Crippen molar-refractivity contribution in [1.29, 1.82) is 5.26 Å². The van der Waals surface area contributed by atoms with Gasteiger partial charge in [-0.05, 0) is 18.2 Å². The van der Waals surface area contributed by atoms with Gasteiger partial charge < -0.3 is 10.1 Å². The molecule has 0 aromatic heterocycles. The van der Waals surface area contributed by atoms with Crippen LogP contribution in [0.2, 0.25) is 0 Å². The molecule has 0 heterocycles. The maximum absolute atomic E-state index is 8.92. The smallest absolute Gasteiger partial charge is 0.121 e. The molecule has 14 heavy (non-hydrogen) atoms. The molecular weight excluding hydrogens is 176 g/mol. The minimum Gasteiger partial charge on any atom is -0.380 e. The van der Waals surface area contributed by atoms with Crippen LogP contribution in [0.25, 0.3) is 0 Å². The third-order valence-electron chi connectivity index (χ3n) is 2.08. The Morgan fingerprint density at radius 3 is 2.79 bits per heavy atom. The van der Waals surface area contributed by atoms with Crippen molar-refractivity contribution >= 4 is 0 Å². The topological polar surface area (TPSA) is 45.0 Å². The standard InChI is InChI=1S/C11H14N2O/c1-13-11(7-12)10-6-4-3-5-9(10)8-14-2/h3-6,11,13H,8H2,1-2H3.